The van der Waals surface area contributed by atoms with Crippen molar-refractivity contribution in [2.75, 3.05) is 23.0 Å². The standard InChI is InChI=1S/2C10H20O2S.2C4H9.Sn/c2*1-3-5-6-9(4-2)7-13-8-10(11)12;2*1-3-4-2;/h2*9H,3-8H2,1-2H3,(H,11,12);2*1,3-4H2,2H3;. The second-order valence-corrected chi connectivity index (χ2v) is 15.4. The molecule has 7 heteroatoms. The first-order chi connectivity index (χ1) is 16.8. The normalized spacial score (nSPS) is 12.1. The third-order valence-electron chi connectivity index (χ3n) is 5.66. The molecule has 0 aromatic carbocycles. The van der Waals surface area contributed by atoms with Crippen molar-refractivity contribution in [1.82, 2.24) is 0 Å². The van der Waals surface area contributed by atoms with E-state index in [9.17, 15) is 9.59 Å². The van der Waals surface area contributed by atoms with Crippen molar-refractivity contribution >= 4 is 56.6 Å². The molecule has 0 rings (SSSR count). The Bertz CT molecular complexity index is 401. The molecule has 210 valence electrons. The summed E-state index contributed by atoms with van der Waals surface area (Å²) < 4.78 is 3.25. The van der Waals surface area contributed by atoms with Crippen LogP contribution in [0.3, 0.4) is 0 Å². The molecule has 0 aliphatic heterocycles. The second-order valence-electron chi connectivity index (χ2n) is 9.11. The molecule has 4 nitrogen and oxygen atoms in total. The van der Waals surface area contributed by atoms with Crippen LogP contribution in [0.5, 0.6) is 0 Å². The molecule has 0 aromatic heterocycles. The fourth-order valence-electron chi connectivity index (χ4n) is 3.15. The fraction of sp³-hybridized carbons (Fsp3) is 0.929. The topological polar surface area (TPSA) is 74.6 Å². The number of unbranched alkanes of at least 4 members (excludes halogenated alkanes) is 4. The zero-order chi connectivity index (χ0) is 27.2. The van der Waals surface area contributed by atoms with Crippen molar-refractivity contribution in [3.8, 4) is 0 Å². The molecule has 35 heavy (non-hydrogen) atoms. The third-order valence-corrected chi connectivity index (χ3v) is 12.0. The average Bonchev–Trinajstić information content (AvgIpc) is 2.83. The molecule has 0 fully saturated rings. The molecule has 2 atom stereocenters. The molecule has 0 heterocycles. The van der Waals surface area contributed by atoms with Crippen LogP contribution >= 0.6 is 23.5 Å². The Labute approximate surface area is 237 Å². The maximum absolute atomic E-state index is 10.3. The number of hydrogen-bond acceptors (Lipinski definition) is 4. The summed E-state index contributed by atoms with van der Waals surface area (Å²) in [5, 5.41) is 16.9. The van der Waals surface area contributed by atoms with Crippen molar-refractivity contribution < 1.29 is 19.8 Å². The number of carboxylic acid groups (broad SMARTS) is 2. The molecular weight excluding hydrogens is 583 g/mol. The number of carbonyl (C=O) groups is 2. The zero-order valence-electron chi connectivity index (χ0n) is 23.9. The van der Waals surface area contributed by atoms with E-state index in [2.05, 4.69) is 41.5 Å². The summed E-state index contributed by atoms with van der Waals surface area (Å²) in [6, 6.07) is 0. The summed E-state index contributed by atoms with van der Waals surface area (Å²) >= 11 is 3.24. The number of aliphatic carboxylic acids is 2. The van der Waals surface area contributed by atoms with E-state index in [1.807, 2.05) is 0 Å². The first-order valence-electron chi connectivity index (χ1n) is 14.1. The van der Waals surface area contributed by atoms with E-state index in [4.69, 9.17) is 10.2 Å². The van der Waals surface area contributed by atoms with Gasteiger partial charge >= 0.3 is 81.5 Å². The van der Waals surface area contributed by atoms with E-state index in [-0.39, 0.29) is 32.6 Å². The monoisotopic (exact) mass is 642 g/mol. The van der Waals surface area contributed by atoms with Crippen LogP contribution in [0.25, 0.3) is 0 Å². The summed E-state index contributed by atoms with van der Waals surface area (Å²) in [6.45, 7) is 13.3. The Morgan fingerprint density at radius 2 is 0.971 bits per heavy atom. The van der Waals surface area contributed by atoms with Gasteiger partial charge in [0.05, 0.1) is 11.5 Å². The molecule has 2 N–H and O–H groups in total. The van der Waals surface area contributed by atoms with E-state index in [0.717, 1.165) is 11.5 Å². The minimum atomic E-state index is -0.699. The zero-order valence-corrected chi connectivity index (χ0v) is 28.4. The van der Waals surface area contributed by atoms with Crippen LogP contribution < -0.4 is 0 Å². The summed E-state index contributed by atoms with van der Waals surface area (Å²) in [7, 11) is 0. The van der Waals surface area contributed by atoms with E-state index in [1.165, 1.54) is 77.0 Å². The van der Waals surface area contributed by atoms with Gasteiger partial charge in [0.2, 0.25) is 0 Å². The molecule has 0 bridgehead atoms. The molecule has 0 amide bonds. The van der Waals surface area contributed by atoms with Crippen molar-refractivity contribution in [1.29, 1.82) is 0 Å². The Morgan fingerprint density at radius 3 is 1.23 bits per heavy atom. The van der Waals surface area contributed by atoms with Crippen molar-refractivity contribution in [2.45, 2.75) is 127 Å². The summed E-state index contributed by atoms with van der Waals surface area (Å²) in [5.74, 6) is 2.54. The van der Waals surface area contributed by atoms with Crippen LogP contribution in [0.15, 0.2) is 0 Å². The molecule has 0 aliphatic rings. The van der Waals surface area contributed by atoms with Gasteiger partial charge in [0.25, 0.3) is 0 Å². The molecule has 2 radical (unpaired) electrons. The molecule has 0 saturated carbocycles. The van der Waals surface area contributed by atoms with Gasteiger partial charge < -0.3 is 10.2 Å². The van der Waals surface area contributed by atoms with Gasteiger partial charge in [0, 0.05) is 0 Å². The summed E-state index contributed by atoms with van der Waals surface area (Å²) in [6.07, 6.45) is 15.7. The van der Waals surface area contributed by atoms with Gasteiger partial charge in [-0.1, -0.05) is 66.2 Å². The minimum absolute atomic E-state index is 0.149. The molecule has 0 spiro atoms. The summed E-state index contributed by atoms with van der Waals surface area (Å²) in [4.78, 5) is 20.5. The Balaban J connectivity index is -0.000000448. The second kappa shape index (κ2) is 34.4. The van der Waals surface area contributed by atoms with E-state index >= 15 is 0 Å². The van der Waals surface area contributed by atoms with Crippen molar-refractivity contribution in [3.05, 3.63) is 0 Å². The predicted octanol–water partition coefficient (Wildman–Crippen LogP) is 9.17. The van der Waals surface area contributed by atoms with Gasteiger partial charge in [-0.2, -0.15) is 0 Å². The molecule has 0 aromatic rings. The number of rotatable bonds is 22. The number of hydrogen-bond donors (Lipinski definition) is 2. The first-order valence-corrected chi connectivity index (χ1v) is 20.5. The summed E-state index contributed by atoms with van der Waals surface area (Å²) in [5.41, 5.74) is 0. The van der Waals surface area contributed by atoms with Gasteiger partial charge in [0.1, 0.15) is 0 Å². The van der Waals surface area contributed by atoms with Gasteiger partial charge in [0.15, 0.2) is 0 Å². The van der Waals surface area contributed by atoms with Crippen molar-refractivity contribution in [3.63, 3.8) is 0 Å². The molecule has 0 saturated heterocycles. The maximum atomic E-state index is 10.3. The first kappa shape index (κ1) is 39.9. The quantitative estimate of drug-likeness (QED) is 0.0907. The van der Waals surface area contributed by atoms with Crippen LogP contribution in [-0.2, 0) is 9.59 Å². The van der Waals surface area contributed by atoms with Crippen LogP contribution in [0, 0.1) is 11.8 Å². The number of thioether (sulfide) groups is 2. The van der Waals surface area contributed by atoms with E-state index in [1.54, 1.807) is 32.4 Å². The van der Waals surface area contributed by atoms with Gasteiger partial charge in [-0.15, -0.1) is 23.5 Å². The fourth-order valence-corrected chi connectivity index (χ4v) is 9.37. The van der Waals surface area contributed by atoms with E-state index in [0.29, 0.717) is 11.8 Å². The predicted molar refractivity (Wildman–Crippen MR) is 162 cm³/mol. The van der Waals surface area contributed by atoms with Gasteiger partial charge in [-0.05, 0) is 36.2 Å². The van der Waals surface area contributed by atoms with Crippen molar-refractivity contribution in [2.24, 2.45) is 11.8 Å². The Hall–Kier alpha value is 0.439. The van der Waals surface area contributed by atoms with E-state index < -0.39 is 11.9 Å². The Morgan fingerprint density at radius 1 is 0.629 bits per heavy atom. The van der Waals surface area contributed by atoms with Crippen LogP contribution in [0.1, 0.15) is 119 Å². The van der Waals surface area contributed by atoms with Gasteiger partial charge in [-0.3, -0.25) is 9.59 Å². The van der Waals surface area contributed by atoms with Crippen LogP contribution in [-0.4, -0.2) is 66.3 Å². The average molecular weight is 642 g/mol. The molecular formula is C28H58O4S2Sn. The van der Waals surface area contributed by atoms with Crippen LogP contribution in [0.4, 0.5) is 0 Å². The van der Waals surface area contributed by atoms with Crippen LogP contribution in [0.2, 0.25) is 8.87 Å². The molecule has 2 unspecified atom stereocenters. The third kappa shape index (κ3) is 39.1. The number of carboxylic acids is 2. The Kier molecular flexibility index (Phi) is 39.3. The van der Waals surface area contributed by atoms with Gasteiger partial charge in [-0.25, -0.2) is 0 Å². The molecule has 0 aliphatic carbocycles. The SMILES string of the molecule is CCCCC(CC)CSCC(=O)O.CCCCC(CC)CSCC(=O)O.CCC[CH2][Sn][CH2]CCC.